The molecule has 0 saturated carbocycles. The Kier molecular flexibility index (Phi) is 2.28. The molecule has 1 atom stereocenters. The van der Waals surface area contributed by atoms with Crippen molar-refractivity contribution in [1.82, 2.24) is 14.9 Å². The maximum Gasteiger partial charge on any atom is 0.256 e. The molecule has 3 aromatic rings. The summed E-state index contributed by atoms with van der Waals surface area (Å²) in [6.07, 6.45) is 5.26. The van der Waals surface area contributed by atoms with Crippen LogP contribution in [-0.2, 0) is 12.8 Å². The van der Waals surface area contributed by atoms with Crippen LogP contribution in [0.2, 0.25) is 0 Å². The molecule has 0 spiro atoms. The van der Waals surface area contributed by atoms with Crippen LogP contribution in [0.5, 0.6) is 0 Å². The lowest BCUT2D eigenvalue weighted by Gasteiger charge is -2.39. The molecule has 2 aliphatic rings. The molecular formula is C18H15N3O. The van der Waals surface area contributed by atoms with Crippen molar-refractivity contribution in [3.05, 3.63) is 65.1 Å². The zero-order chi connectivity index (χ0) is 14.7. The molecular weight excluding hydrogens is 274 g/mol. The number of pyridine rings is 1. The molecule has 4 heteroatoms. The van der Waals surface area contributed by atoms with Gasteiger partial charge in [0.05, 0.1) is 11.6 Å². The summed E-state index contributed by atoms with van der Waals surface area (Å²) < 4.78 is 0. The van der Waals surface area contributed by atoms with Crippen LogP contribution >= 0.6 is 0 Å². The number of amides is 1. The topological polar surface area (TPSA) is 49.0 Å². The van der Waals surface area contributed by atoms with E-state index in [1.165, 1.54) is 22.2 Å². The van der Waals surface area contributed by atoms with Crippen molar-refractivity contribution in [1.29, 1.82) is 0 Å². The molecule has 0 aliphatic carbocycles. The van der Waals surface area contributed by atoms with Crippen LogP contribution in [-0.4, -0.2) is 27.3 Å². The lowest BCUT2D eigenvalue weighted by atomic mass is 9.87. The Morgan fingerprint density at radius 3 is 3.09 bits per heavy atom. The van der Waals surface area contributed by atoms with Crippen molar-refractivity contribution in [3.8, 4) is 0 Å². The number of hydrogen-bond acceptors (Lipinski definition) is 2. The van der Waals surface area contributed by atoms with Gasteiger partial charge in [0.2, 0.25) is 0 Å². The summed E-state index contributed by atoms with van der Waals surface area (Å²) in [6, 6.07) is 10.5. The van der Waals surface area contributed by atoms with E-state index >= 15 is 0 Å². The maximum atomic E-state index is 12.7. The van der Waals surface area contributed by atoms with Crippen molar-refractivity contribution < 1.29 is 4.79 Å². The number of rotatable bonds is 0. The first-order valence-electron chi connectivity index (χ1n) is 7.66. The van der Waals surface area contributed by atoms with E-state index in [9.17, 15) is 4.79 Å². The molecule has 4 nitrogen and oxygen atoms in total. The van der Waals surface area contributed by atoms with Crippen LogP contribution in [0.1, 0.15) is 33.2 Å². The second kappa shape index (κ2) is 4.19. The molecule has 0 radical (unpaired) electrons. The monoisotopic (exact) mass is 289 g/mol. The van der Waals surface area contributed by atoms with Gasteiger partial charge in [-0.25, -0.2) is 0 Å². The van der Waals surface area contributed by atoms with Crippen LogP contribution in [0.15, 0.2) is 42.7 Å². The average molecular weight is 289 g/mol. The fourth-order valence-corrected chi connectivity index (χ4v) is 3.93. The molecule has 2 aliphatic heterocycles. The average Bonchev–Trinajstić information content (AvgIpc) is 2.94. The van der Waals surface area contributed by atoms with Gasteiger partial charge in [-0.1, -0.05) is 18.2 Å². The quantitative estimate of drug-likeness (QED) is 0.692. The highest BCUT2D eigenvalue weighted by molar-refractivity contribution is 5.97. The number of para-hydroxylation sites is 1. The zero-order valence-electron chi connectivity index (χ0n) is 12.0. The summed E-state index contributed by atoms with van der Waals surface area (Å²) in [5.74, 6) is 0.114. The number of aromatic amines is 1. The smallest absolute Gasteiger partial charge is 0.256 e. The normalized spacial score (nSPS) is 19.7. The van der Waals surface area contributed by atoms with Gasteiger partial charge in [0.1, 0.15) is 0 Å². The largest absolute Gasteiger partial charge is 0.356 e. The highest BCUT2D eigenvalue weighted by Gasteiger charge is 2.38. The predicted octanol–water partition coefficient (Wildman–Crippen LogP) is 2.86. The molecule has 22 heavy (non-hydrogen) atoms. The van der Waals surface area contributed by atoms with E-state index in [4.69, 9.17) is 0 Å². The minimum atomic E-state index is 0.114. The van der Waals surface area contributed by atoms with Crippen LogP contribution in [0.3, 0.4) is 0 Å². The summed E-state index contributed by atoms with van der Waals surface area (Å²) in [5, 5.41) is 1.30. The van der Waals surface area contributed by atoms with Gasteiger partial charge in [0, 0.05) is 35.5 Å². The SMILES string of the molecule is O=C1c2cnccc2CC2c3[nH]c4ccccc4c3CCN12. The number of nitrogens with zero attached hydrogens (tertiary/aromatic N) is 2. The van der Waals surface area contributed by atoms with Crippen LogP contribution in [0, 0.1) is 0 Å². The number of fused-ring (bicyclic) bond motifs is 6. The molecule has 5 rings (SSSR count). The van der Waals surface area contributed by atoms with Crippen molar-refractivity contribution in [2.75, 3.05) is 6.54 Å². The summed E-state index contributed by atoms with van der Waals surface area (Å²) in [5.41, 5.74) is 5.62. The Morgan fingerprint density at radius 1 is 1.23 bits per heavy atom. The molecule has 4 heterocycles. The Hall–Kier alpha value is -2.62. The number of H-pyrrole nitrogens is 1. The molecule has 2 aromatic heterocycles. The number of carbonyl (C=O) groups excluding carboxylic acids is 1. The maximum absolute atomic E-state index is 12.7. The van der Waals surface area contributed by atoms with Crippen molar-refractivity contribution in [2.45, 2.75) is 18.9 Å². The van der Waals surface area contributed by atoms with Gasteiger partial charge >= 0.3 is 0 Å². The predicted molar refractivity (Wildman–Crippen MR) is 83.7 cm³/mol. The first kappa shape index (κ1) is 12.0. The fourth-order valence-electron chi connectivity index (χ4n) is 3.93. The van der Waals surface area contributed by atoms with Gasteiger partial charge in [-0.05, 0) is 36.1 Å². The van der Waals surface area contributed by atoms with E-state index in [0.717, 1.165) is 30.5 Å². The van der Waals surface area contributed by atoms with Crippen molar-refractivity contribution in [3.63, 3.8) is 0 Å². The summed E-state index contributed by atoms with van der Waals surface area (Å²) >= 11 is 0. The first-order chi connectivity index (χ1) is 10.8. The van der Waals surface area contributed by atoms with Gasteiger partial charge in [-0.3, -0.25) is 9.78 Å². The minimum Gasteiger partial charge on any atom is -0.356 e. The molecule has 1 aromatic carbocycles. The number of hydrogen-bond donors (Lipinski definition) is 1. The molecule has 0 fully saturated rings. The molecule has 1 unspecified atom stereocenters. The summed E-state index contributed by atoms with van der Waals surface area (Å²) in [6.45, 7) is 0.784. The number of carbonyl (C=O) groups is 1. The van der Waals surface area contributed by atoms with Crippen LogP contribution in [0.25, 0.3) is 10.9 Å². The Bertz CT molecular complexity index is 912. The van der Waals surface area contributed by atoms with E-state index in [2.05, 4.69) is 34.2 Å². The van der Waals surface area contributed by atoms with E-state index in [1.54, 1.807) is 12.4 Å². The Morgan fingerprint density at radius 2 is 2.14 bits per heavy atom. The Balaban J connectivity index is 1.71. The molecule has 108 valence electrons. The van der Waals surface area contributed by atoms with E-state index in [1.807, 2.05) is 11.0 Å². The summed E-state index contributed by atoms with van der Waals surface area (Å²) in [7, 11) is 0. The third kappa shape index (κ3) is 1.47. The number of benzene rings is 1. The first-order valence-corrected chi connectivity index (χ1v) is 7.66. The molecule has 0 bridgehead atoms. The van der Waals surface area contributed by atoms with Gasteiger partial charge in [0.25, 0.3) is 5.91 Å². The fraction of sp³-hybridized carbons (Fsp3) is 0.222. The zero-order valence-corrected chi connectivity index (χ0v) is 12.0. The highest BCUT2D eigenvalue weighted by atomic mass is 16.2. The van der Waals surface area contributed by atoms with E-state index in [0.29, 0.717) is 0 Å². The van der Waals surface area contributed by atoms with Gasteiger partial charge in [-0.15, -0.1) is 0 Å². The van der Waals surface area contributed by atoms with E-state index < -0.39 is 0 Å². The molecule has 0 saturated heterocycles. The lowest BCUT2D eigenvalue weighted by Crippen LogP contribution is -2.44. The third-order valence-corrected chi connectivity index (χ3v) is 4.97. The Labute approximate surface area is 127 Å². The second-order valence-electron chi connectivity index (χ2n) is 6.06. The minimum absolute atomic E-state index is 0.114. The van der Waals surface area contributed by atoms with Gasteiger partial charge in [-0.2, -0.15) is 0 Å². The van der Waals surface area contributed by atoms with Crippen molar-refractivity contribution in [2.24, 2.45) is 0 Å². The highest BCUT2D eigenvalue weighted by Crippen LogP contribution is 2.39. The van der Waals surface area contributed by atoms with Crippen molar-refractivity contribution >= 4 is 16.8 Å². The third-order valence-electron chi connectivity index (χ3n) is 4.97. The number of aromatic nitrogens is 2. The standard InChI is InChI=1S/C18H15N3O/c22-18-14-10-19-7-5-11(14)9-16-17-13(6-8-21(16)18)12-3-1-2-4-15(12)20-17/h1-5,7,10,16,20H,6,8-9H2. The summed E-state index contributed by atoms with van der Waals surface area (Å²) in [4.78, 5) is 22.4. The van der Waals surface area contributed by atoms with Crippen LogP contribution in [0.4, 0.5) is 0 Å². The van der Waals surface area contributed by atoms with Crippen LogP contribution < -0.4 is 0 Å². The lowest BCUT2D eigenvalue weighted by molar-refractivity contribution is 0.0627. The molecule has 1 amide bonds. The number of nitrogens with one attached hydrogen (secondary N) is 1. The van der Waals surface area contributed by atoms with E-state index in [-0.39, 0.29) is 11.9 Å². The molecule has 1 N–H and O–H groups in total. The van der Waals surface area contributed by atoms with Gasteiger partial charge < -0.3 is 9.88 Å². The van der Waals surface area contributed by atoms with Gasteiger partial charge in [0.15, 0.2) is 0 Å². The second-order valence-corrected chi connectivity index (χ2v) is 6.06.